The maximum Gasteiger partial charge on any atom is 0.270 e. The van der Waals surface area contributed by atoms with Crippen molar-refractivity contribution in [2.45, 2.75) is 4.90 Å². The van der Waals surface area contributed by atoms with Gasteiger partial charge in [-0.1, -0.05) is 11.6 Å². The Bertz CT molecular complexity index is 1460. The number of fused-ring (bicyclic) bond motifs is 1. The Morgan fingerprint density at radius 3 is 2.49 bits per heavy atom. The van der Waals surface area contributed by atoms with Gasteiger partial charge >= 0.3 is 0 Å². The smallest absolute Gasteiger partial charge is 0.270 e. The van der Waals surface area contributed by atoms with Crippen molar-refractivity contribution in [2.24, 2.45) is 0 Å². The van der Waals surface area contributed by atoms with Gasteiger partial charge in [0.25, 0.3) is 10.0 Å². The number of halogens is 1. The molecule has 1 aliphatic heterocycles. The number of anilines is 3. The van der Waals surface area contributed by atoms with Crippen molar-refractivity contribution < 1.29 is 13.2 Å². The van der Waals surface area contributed by atoms with Gasteiger partial charge in [0.2, 0.25) is 5.95 Å². The third kappa shape index (κ3) is 4.64. The minimum absolute atomic E-state index is 0.0661. The van der Waals surface area contributed by atoms with Gasteiger partial charge in [-0.15, -0.1) is 0 Å². The van der Waals surface area contributed by atoms with E-state index in [1.54, 1.807) is 18.3 Å². The fourth-order valence-electron chi connectivity index (χ4n) is 4.01. The first-order chi connectivity index (χ1) is 16.8. The third-order valence-electron chi connectivity index (χ3n) is 6.06. The Balaban J connectivity index is 1.42. The molecule has 5 rings (SSSR count). The average Bonchev–Trinajstić information content (AvgIpc) is 3.29. The van der Waals surface area contributed by atoms with Crippen LogP contribution in [0.3, 0.4) is 0 Å². The highest BCUT2D eigenvalue weighted by Crippen LogP contribution is 2.30. The summed E-state index contributed by atoms with van der Waals surface area (Å²) in [6, 6.07) is 14.2. The molecule has 182 valence electrons. The van der Waals surface area contributed by atoms with Crippen molar-refractivity contribution in [3.63, 3.8) is 0 Å². The molecule has 11 heteroatoms. The van der Waals surface area contributed by atoms with E-state index in [2.05, 4.69) is 44.3 Å². The maximum absolute atomic E-state index is 13.4. The fraction of sp³-hybridized carbons (Fsp3) is 0.250. The van der Waals surface area contributed by atoms with Crippen LogP contribution in [0.5, 0.6) is 5.75 Å². The molecule has 0 radical (unpaired) electrons. The quantitative estimate of drug-likeness (QED) is 0.417. The minimum atomic E-state index is -4.02. The molecule has 0 unspecified atom stereocenters. The second-order valence-electron chi connectivity index (χ2n) is 8.35. The Labute approximate surface area is 209 Å². The fourth-order valence-corrected chi connectivity index (χ4v) is 5.81. The first kappa shape index (κ1) is 23.4. The number of nitrogens with one attached hydrogen (secondary N) is 1. The van der Waals surface area contributed by atoms with E-state index in [4.69, 9.17) is 16.3 Å². The van der Waals surface area contributed by atoms with Crippen molar-refractivity contribution in [3.8, 4) is 5.75 Å². The van der Waals surface area contributed by atoms with E-state index < -0.39 is 10.0 Å². The molecule has 4 aromatic rings. The van der Waals surface area contributed by atoms with Crippen LogP contribution in [0.15, 0.2) is 65.8 Å². The summed E-state index contributed by atoms with van der Waals surface area (Å²) in [6.45, 7) is 4.06. The minimum Gasteiger partial charge on any atom is -0.497 e. The molecule has 35 heavy (non-hydrogen) atoms. The van der Waals surface area contributed by atoms with Crippen molar-refractivity contribution in [1.29, 1.82) is 0 Å². The van der Waals surface area contributed by atoms with Crippen molar-refractivity contribution in [3.05, 3.63) is 65.9 Å². The molecule has 0 amide bonds. The number of rotatable bonds is 6. The number of methoxy groups -OCH3 is 1. The summed E-state index contributed by atoms with van der Waals surface area (Å²) in [6.07, 6.45) is 3.03. The largest absolute Gasteiger partial charge is 0.497 e. The van der Waals surface area contributed by atoms with Crippen molar-refractivity contribution in [1.82, 2.24) is 18.8 Å². The van der Waals surface area contributed by atoms with Crippen LogP contribution in [0.2, 0.25) is 5.02 Å². The predicted molar refractivity (Wildman–Crippen MR) is 138 cm³/mol. The Morgan fingerprint density at radius 2 is 1.77 bits per heavy atom. The second kappa shape index (κ2) is 9.37. The summed E-state index contributed by atoms with van der Waals surface area (Å²) < 4.78 is 33.1. The van der Waals surface area contributed by atoms with Crippen LogP contribution >= 0.6 is 11.6 Å². The van der Waals surface area contributed by atoms with Crippen LogP contribution in [0.25, 0.3) is 11.0 Å². The summed E-state index contributed by atoms with van der Waals surface area (Å²) in [5.41, 5.74) is 2.21. The summed E-state index contributed by atoms with van der Waals surface area (Å²) in [4.78, 5) is 13.4. The van der Waals surface area contributed by atoms with E-state index in [-0.39, 0.29) is 21.5 Å². The standard InChI is InChI=1S/C24H25ClN6O3S/c1-29-11-13-30(14-12-29)19-5-3-18(4-6-19)27-24-26-16-17-9-10-31(23(17)28-24)35(32,33)22-15-20(34-2)7-8-21(22)25/h3-10,15-16H,11-14H2,1-2H3,(H,26,27,28). The first-order valence-corrected chi connectivity index (χ1v) is 12.9. The molecular formula is C24H25ClN6O3S. The van der Waals surface area contributed by atoms with Gasteiger partial charge in [-0.05, 0) is 49.5 Å². The van der Waals surface area contributed by atoms with E-state index in [0.717, 1.165) is 41.5 Å². The van der Waals surface area contributed by atoms with Gasteiger partial charge in [-0.2, -0.15) is 4.98 Å². The molecule has 1 saturated heterocycles. The molecule has 0 atom stereocenters. The molecule has 1 fully saturated rings. The normalized spacial score (nSPS) is 14.9. The second-order valence-corrected chi connectivity index (χ2v) is 10.5. The lowest BCUT2D eigenvalue weighted by molar-refractivity contribution is 0.313. The van der Waals surface area contributed by atoms with Crippen LogP contribution in [0, 0.1) is 0 Å². The summed E-state index contributed by atoms with van der Waals surface area (Å²) in [7, 11) is -0.421. The Hall–Kier alpha value is -3.34. The first-order valence-electron chi connectivity index (χ1n) is 11.1. The molecule has 2 aromatic carbocycles. The monoisotopic (exact) mass is 512 g/mol. The van der Waals surface area contributed by atoms with Gasteiger partial charge in [0.1, 0.15) is 10.6 Å². The number of piperazine rings is 1. The Morgan fingerprint density at radius 1 is 1.03 bits per heavy atom. The topological polar surface area (TPSA) is 92.6 Å². The zero-order valence-corrected chi connectivity index (χ0v) is 20.9. The average molecular weight is 513 g/mol. The summed E-state index contributed by atoms with van der Waals surface area (Å²) in [5.74, 6) is 0.679. The van der Waals surface area contributed by atoms with Crippen molar-refractivity contribution in [2.75, 3.05) is 50.6 Å². The van der Waals surface area contributed by atoms with Gasteiger partial charge < -0.3 is 19.9 Å². The van der Waals surface area contributed by atoms with Crippen LogP contribution in [-0.4, -0.2) is 67.6 Å². The molecule has 9 nitrogen and oxygen atoms in total. The van der Waals surface area contributed by atoms with Gasteiger partial charge in [0.05, 0.1) is 12.1 Å². The number of aromatic nitrogens is 3. The van der Waals surface area contributed by atoms with Crippen LogP contribution in [0.4, 0.5) is 17.3 Å². The highest BCUT2D eigenvalue weighted by atomic mass is 35.5. The van der Waals surface area contributed by atoms with Crippen LogP contribution in [-0.2, 0) is 10.0 Å². The van der Waals surface area contributed by atoms with E-state index in [9.17, 15) is 8.42 Å². The van der Waals surface area contributed by atoms with E-state index in [1.807, 2.05) is 12.1 Å². The van der Waals surface area contributed by atoms with Gasteiger partial charge in [0.15, 0.2) is 5.65 Å². The van der Waals surface area contributed by atoms with E-state index in [0.29, 0.717) is 11.1 Å². The molecule has 0 spiro atoms. The molecule has 2 aromatic heterocycles. The molecule has 0 saturated carbocycles. The number of hydrogen-bond acceptors (Lipinski definition) is 8. The van der Waals surface area contributed by atoms with E-state index >= 15 is 0 Å². The maximum atomic E-state index is 13.4. The number of nitrogens with zero attached hydrogens (tertiary/aromatic N) is 5. The molecule has 1 aliphatic rings. The van der Waals surface area contributed by atoms with Crippen molar-refractivity contribution >= 4 is 50.0 Å². The number of hydrogen-bond donors (Lipinski definition) is 1. The summed E-state index contributed by atoms with van der Waals surface area (Å²) >= 11 is 6.22. The van der Waals surface area contributed by atoms with E-state index in [1.165, 1.54) is 25.4 Å². The Kier molecular flexibility index (Phi) is 6.26. The van der Waals surface area contributed by atoms with Crippen LogP contribution in [0.1, 0.15) is 0 Å². The van der Waals surface area contributed by atoms with Gasteiger partial charge in [0, 0.05) is 61.4 Å². The predicted octanol–water partition coefficient (Wildman–Crippen LogP) is 3.83. The van der Waals surface area contributed by atoms with Gasteiger partial charge in [-0.3, -0.25) is 0 Å². The molecule has 0 bridgehead atoms. The lowest BCUT2D eigenvalue weighted by atomic mass is 10.2. The lowest BCUT2D eigenvalue weighted by Crippen LogP contribution is -2.44. The number of ether oxygens (including phenoxy) is 1. The lowest BCUT2D eigenvalue weighted by Gasteiger charge is -2.34. The molecule has 1 N–H and O–H groups in total. The SMILES string of the molecule is COc1ccc(Cl)c(S(=O)(=O)n2ccc3cnc(Nc4ccc(N5CCN(C)CC5)cc4)nc32)c1. The third-order valence-corrected chi connectivity index (χ3v) is 8.21. The summed E-state index contributed by atoms with van der Waals surface area (Å²) in [5, 5.41) is 3.85. The zero-order chi connectivity index (χ0) is 24.6. The molecule has 3 heterocycles. The van der Waals surface area contributed by atoms with Crippen LogP contribution < -0.4 is 15.0 Å². The molecule has 0 aliphatic carbocycles. The molecular weight excluding hydrogens is 488 g/mol. The number of benzene rings is 2. The highest BCUT2D eigenvalue weighted by Gasteiger charge is 2.24. The number of likely N-dealkylation sites (N-methyl/N-ethyl adjacent to an activating group) is 1. The van der Waals surface area contributed by atoms with Gasteiger partial charge in [-0.25, -0.2) is 17.4 Å². The highest BCUT2D eigenvalue weighted by molar-refractivity contribution is 7.90. The zero-order valence-electron chi connectivity index (χ0n) is 19.3.